The van der Waals surface area contributed by atoms with Crippen molar-refractivity contribution in [1.82, 2.24) is 10.2 Å². The second-order valence-corrected chi connectivity index (χ2v) is 9.00. The molecule has 3 rings (SSSR count). The second-order valence-electron chi connectivity index (χ2n) is 6.92. The minimum absolute atomic E-state index is 0.0326. The Kier molecular flexibility index (Phi) is 4.94. The van der Waals surface area contributed by atoms with Gasteiger partial charge in [0.05, 0.1) is 10.6 Å². The van der Waals surface area contributed by atoms with Crippen molar-refractivity contribution in [2.75, 3.05) is 12.3 Å². The van der Waals surface area contributed by atoms with Crippen molar-refractivity contribution in [3.05, 3.63) is 29.8 Å². The molecule has 0 bridgehead atoms. The summed E-state index contributed by atoms with van der Waals surface area (Å²) in [6, 6.07) is 5.42. The lowest BCUT2D eigenvalue weighted by Gasteiger charge is -2.40. The van der Waals surface area contributed by atoms with E-state index >= 15 is 0 Å². The van der Waals surface area contributed by atoms with Crippen LogP contribution in [-0.2, 0) is 16.4 Å². The number of nitrogens with one attached hydrogen (secondary N) is 1. The molecule has 0 atom stereocenters. The summed E-state index contributed by atoms with van der Waals surface area (Å²) in [7, 11) is -3.57. The summed E-state index contributed by atoms with van der Waals surface area (Å²) < 4.78 is 65.6. The summed E-state index contributed by atoms with van der Waals surface area (Å²) >= 11 is 0. The van der Waals surface area contributed by atoms with E-state index in [9.17, 15) is 26.4 Å². The molecule has 144 valence electrons. The Bertz CT molecular complexity index is 787. The smallest absolute Gasteiger partial charge is 0.323 e. The summed E-state index contributed by atoms with van der Waals surface area (Å²) in [6.07, 6.45) is -3.33. The van der Waals surface area contributed by atoms with Crippen LogP contribution in [0.1, 0.15) is 37.7 Å². The van der Waals surface area contributed by atoms with E-state index in [0.717, 1.165) is 4.90 Å². The number of rotatable bonds is 1. The van der Waals surface area contributed by atoms with Crippen molar-refractivity contribution in [1.29, 1.82) is 0 Å². The highest BCUT2D eigenvalue weighted by molar-refractivity contribution is 7.91. The number of carbonyl (C=O) groups is 1. The Hall–Kier alpha value is -1.77. The highest BCUT2D eigenvalue weighted by atomic mass is 32.2. The van der Waals surface area contributed by atoms with Gasteiger partial charge < -0.3 is 10.2 Å². The third-order valence-corrected chi connectivity index (χ3v) is 6.97. The average molecular weight is 390 g/mol. The Labute approximate surface area is 150 Å². The molecule has 1 aromatic carbocycles. The first-order valence-corrected chi connectivity index (χ1v) is 10.2. The van der Waals surface area contributed by atoms with Gasteiger partial charge in [0.15, 0.2) is 9.84 Å². The van der Waals surface area contributed by atoms with Gasteiger partial charge in [-0.2, -0.15) is 13.2 Å². The molecule has 0 unspecified atom stereocenters. The molecule has 1 heterocycles. The maximum atomic E-state index is 13.6. The molecule has 2 amide bonds. The van der Waals surface area contributed by atoms with Crippen LogP contribution in [0, 0.1) is 0 Å². The number of carbonyl (C=O) groups excluding carboxylic acids is 1. The van der Waals surface area contributed by atoms with Gasteiger partial charge in [-0.3, -0.25) is 0 Å². The lowest BCUT2D eigenvalue weighted by Crippen LogP contribution is -2.62. The zero-order valence-electron chi connectivity index (χ0n) is 14.2. The maximum Gasteiger partial charge on any atom is 0.411 e. The predicted molar refractivity (Wildman–Crippen MR) is 89.3 cm³/mol. The van der Waals surface area contributed by atoms with Gasteiger partial charge >= 0.3 is 12.2 Å². The summed E-state index contributed by atoms with van der Waals surface area (Å²) in [4.78, 5) is 13.9. The molecule has 0 spiro atoms. The van der Waals surface area contributed by atoms with Crippen LogP contribution in [0.25, 0.3) is 0 Å². The number of alkyl halides is 3. The van der Waals surface area contributed by atoms with Gasteiger partial charge in [-0.25, -0.2) is 13.2 Å². The van der Waals surface area contributed by atoms with E-state index in [1.54, 1.807) is 18.2 Å². The zero-order valence-corrected chi connectivity index (χ0v) is 15.0. The summed E-state index contributed by atoms with van der Waals surface area (Å²) in [6.45, 7) is -0.175. The van der Waals surface area contributed by atoms with Crippen molar-refractivity contribution in [3.63, 3.8) is 0 Å². The fraction of sp³-hybridized carbons (Fsp3) is 0.588. The number of benzene rings is 1. The first-order valence-electron chi connectivity index (χ1n) is 8.59. The zero-order chi connectivity index (χ0) is 19.0. The Morgan fingerprint density at radius 3 is 2.42 bits per heavy atom. The lowest BCUT2D eigenvalue weighted by atomic mass is 9.81. The number of halogens is 3. The average Bonchev–Trinajstić information content (AvgIpc) is 2.71. The number of amides is 2. The topological polar surface area (TPSA) is 66.5 Å². The molecule has 1 fully saturated rings. The van der Waals surface area contributed by atoms with E-state index in [1.807, 2.05) is 0 Å². The molecule has 9 heteroatoms. The highest BCUT2D eigenvalue weighted by Crippen LogP contribution is 2.41. The molecule has 0 aromatic heterocycles. The normalized spacial score (nSPS) is 22.2. The van der Waals surface area contributed by atoms with E-state index in [1.165, 1.54) is 6.07 Å². The van der Waals surface area contributed by atoms with Crippen molar-refractivity contribution in [3.8, 4) is 0 Å². The van der Waals surface area contributed by atoms with Crippen LogP contribution in [0.5, 0.6) is 0 Å². The van der Waals surface area contributed by atoms with Crippen molar-refractivity contribution < 1.29 is 26.4 Å². The molecule has 1 aliphatic heterocycles. The number of sulfone groups is 1. The molecule has 0 saturated heterocycles. The van der Waals surface area contributed by atoms with Crippen LogP contribution in [0.3, 0.4) is 0 Å². The van der Waals surface area contributed by atoms with Gasteiger partial charge in [-0.15, -0.1) is 0 Å². The van der Waals surface area contributed by atoms with Gasteiger partial charge in [0, 0.05) is 13.1 Å². The molecular weight excluding hydrogens is 369 g/mol. The van der Waals surface area contributed by atoms with Crippen LogP contribution in [0.2, 0.25) is 0 Å². The van der Waals surface area contributed by atoms with Gasteiger partial charge in [0.25, 0.3) is 0 Å². The number of hydrogen-bond acceptors (Lipinski definition) is 3. The SMILES string of the molecule is O=C(NC1(C(F)(F)F)CCCCC1)N1CCS(=O)(=O)c2ccccc2C1. The molecule has 26 heavy (non-hydrogen) atoms. The Balaban J connectivity index is 1.84. The molecule has 0 radical (unpaired) electrons. The van der Waals surface area contributed by atoms with Crippen LogP contribution in [0.4, 0.5) is 18.0 Å². The summed E-state index contributed by atoms with van der Waals surface area (Å²) in [5.41, 5.74) is -1.81. The van der Waals surface area contributed by atoms with Gasteiger partial charge in [-0.05, 0) is 24.5 Å². The first kappa shape index (κ1) is 19.0. The largest absolute Gasteiger partial charge is 0.411 e. The van der Waals surface area contributed by atoms with Gasteiger partial charge in [0.1, 0.15) is 5.54 Å². The number of fused-ring (bicyclic) bond motifs is 1. The van der Waals surface area contributed by atoms with Crippen LogP contribution in [0.15, 0.2) is 29.2 Å². The van der Waals surface area contributed by atoms with Gasteiger partial charge in [0.2, 0.25) is 0 Å². The van der Waals surface area contributed by atoms with Crippen molar-refractivity contribution in [2.24, 2.45) is 0 Å². The molecule has 1 N–H and O–H groups in total. The predicted octanol–water partition coefficient (Wildman–Crippen LogP) is 3.25. The number of nitrogens with zero attached hydrogens (tertiary/aromatic N) is 1. The highest BCUT2D eigenvalue weighted by Gasteiger charge is 2.56. The molecule has 2 aliphatic rings. The third kappa shape index (κ3) is 3.54. The first-order chi connectivity index (χ1) is 12.1. The minimum Gasteiger partial charge on any atom is -0.323 e. The standard InChI is InChI=1S/C17H21F3N2O3S/c18-17(19,20)16(8-4-1-5-9-16)21-15(23)22-10-11-26(24,25)14-7-3-2-6-13(14)12-22/h2-3,6-7H,1,4-5,8-12H2,(H,21,23). The fourth-order valence-electron chi connectivity index (χ4n) is 3.65. The third-order valence-electron chi connectivity index (χ3n) is 5.18. The number of urea groups is 1. The molecule has 5 nitrogen and oxygen atoms in total. The summed E-state index contributed by atoms with van der Waals surface area (Å²) in [5, 5.41) is 2.20. The van der Waals surface area contributed by atoms with E-state index in [0.29, 0.717) is 24.8 Å². The Morgan fingerprint density at radius 2 is 1.77 bits per heavy atom. The van der Waals surface area contributed by atoms with Crippen LogP contribution in [-0.4, -0.2) is 43.4 Å². The van der Waals surface area contributed by atoms with E-state index in [-0.39, 0.29) is 36.6 Å². The van der Waals surface area contributed by atoms with Crippen LogP contribution < -0.4 is 5.32 Å². The molecule has 1 aromatic rings. The van der Waals surface area contributed by atoms with E-state index < -0.39 is 27.6 Å². The fourth-order valence-corrected chi connectivity index (χ4v) is 5.15. The number of hydrogen-bond donors (Lipinski definition) is 1. The van der Waals surface area contributed by atoms with E-state index in [2.05, 4.69) is 5.32 Å². The maximum absolute atomic E-state index is 13.6. The monoisotopic (exact) mass is 390 g/mol. The lowest BCUT2D eigenvalue weighted by molar-refractivity contribution is -0.202. The molecule has 1 aliphatic carbocycles. The van der Waals surface area contributed by atoms with Crippen LogP contribution >= 0.6 is 0 Å². The minimum atomic E-state index is -4.54. The summed E-state index contributed by atoms with van der Waals surface area (Å²) in [5.74, 6) is -0.309. The second kappa shape index (κ2) is 6.75. The van der Waals surface area contributed by atoms with E-state index in [4.69, 9.17) is 0 Å². The van der Waals surface area contributed by atoms with Crippen molar-refractivity contribution in [2.45, 2.75) is 55.3 Å². The Morgan fingerprint density at radius 1 is 1.12 bits per heavy atom. The molecular formula is C17H21F3N2O3S. The quantitative estimate of drug-likeness (QED) is 0.801. The van der Waals surface area contributed by atoms with Gasteiger partial charge in [-0.1, -0.05) is 37.5 Å². The van der Waals surface area contributed by atoms with Crippen molar-refractivity contribution >= 4 is 15.9 Å². The molecule has 1 saturated carbocycles.